The molecule has 5 rings (SSSR count). The number of rotatable bonds is 3. The van der Waals surface area contributed by atoms with Crippen LogP contribution in [-0.2, 0) is 9.59 Å². The number of benzene rings is 2. The number of aromatic nitrogens is 3. The van der Waals surface area contributed by atoms with Crippen LogP contribution >= 0.6 is 11.6 Å². The molecule has 2 amide bonds. The fraction of sp³-hybridized carbons (Fsp3) is 0.182. The number of hydrogen-bond acceptors (Lipinski definition) is 5. The molecule has 1 aliphatic heterocycles. The van der Waals surface area contributed by atoms with Gasteiger partial charge in [-0.25, -0.2) is 4.90 Å². The Morgan fingerprint density at radius 3 is 2.65 bits per heavy atom. The van der Waals surface area contributed by atoms with Gasteiger partial charge in [0.15, 0.2) is 5.58 Å². The first kappa shape index (κ1) is 19.3. The highest BCUT2D eigenvalue weighted by Crippen LogP contribution is 2.34. The minimum absolute atomic E-state index is 0.0690. The van der Waals surface area contributed by atoms with E-state index >= 15 is 0 Å². The average molecular weight is 437 g/mol. The maximum absolute atomic E-state index is 13.2. The molecule has 1 saturated heterocycles. The topological polar surface area (TPSA) is 101 Å². The molecule has 31 heavy (non-hydrogen) atoms. The summed E-state index contributed by atoms with van der Waals surface area (Å²) in [7, 11) is 0. The SMILES string of the molecule is Cc1ccc(N2C(=O)C[C@@H](c3c(C)[nH]n(-c4nc5ccccc5o4)c3=O)C2=O)cc1Cl. The lowest BCUT2D eigenvalue weighted by molar-refractivity contribution is -0.121. The first-order valence-electron chi connectivity index (χ1n) is 9.65. The number of carbonyl (C=O) groups excluding carboxylic acids is 2. The van der Waals surface area contributed by atoms with Crippen LogP contribution < -0.4 is 10.5 Å². The van der Waals surface area contributed by atoms with E-state index in [-0.39, 0.29) is 23.9 Å². The molecule has 0 aliphatic carbocycles. The van der Waals surface area contributed by atoms with Crippen molar-refractivity contribution in [3.8, 4) is 6.01 Å². The first-order chi connectivity index (χ1) is 14.8. The molecule has 1 N–H and O–H groups in total. The average Bonchev–Trinajstić information content (AvgIpc) is 3.37. The van der Waals surface area contributed by atoms with E-state index in [1.807, 2.05) is 13.0 Å². The molecule has 4 aromatic rings. The Bertz CT molecular complexity index is 1400. The van der Waals surface area contributed by atoms with E-state index in [4.69, 9.17) is 16.0 Å². The van der Waals surface area contributed by atoms with Gasteiger partial charge in [-0.2, -0.15) is 9.67 Å². The molecule has 2 aromatic heterocycles. The second-order valence-electron chi connectivity index (χ2n) is 7.51. The van der Waals surface area contributed by atoms with Gasteiger partial charge in [-0.15, -0.1) is 0 Å². The van der Waals surface area contributed by atoms with Gasteiger partial charge in [0, 0.05) is 17.1 Å². The number of aromatic amines is 1. The van der Waals surface area contributed by atoms with Crippen molar-refractivity contribution < 1.29 is 14.0 Å². The number of halogens is 1. The summed E-state index contributed by atoms with van der Waals surface area (Å²) in [6.07, 6.45) is -0.105. The van der Waals surface area contributed by atoms with Crippen molar-refractivity contribution in [1.82, 2.24) is 14.8 Å². The number of nitrogens with zero attached hydrogens (tertiary/aromatic N) is 3. The van der Waals surface area contributed by atoms with E-state index in [0.717, 1.165) is 15.1 Å². The number of nitrogens with one attached hydrogen (secondary N) is 1. The van der Waals surface area contributed by atoms with E-state index in [1.165, 1.54) is 0 Å². The summed E-state index contributed by atoms with van der Waals surface area (Å²) >= 11 is 6.17. The summed E-state index contributed by atoms with van der Waals surface area (Å²) in [6, 6.07) is 12.2. The van der Waals surface area contributed by atoms with Crippen molar-refractivity contribution in [3.63, 3.8) is 0 Å². The minimum atomic E-state index is -0.901. The predicted octanol–water partition coefficient (Wildman–Crippen LogP) is 3.62. The smallest absolute Gasteiger partial charge is 0.325 e. The lowest BCUT2D eigenvalue weighted by atomic mass is 9.98. The van der Waals surface area contributed by atoms with Crippen molar-refractivity contribution in [3.05, 3.63) is 74.7 Å². The number of oxazole rings is 1. The van der Waals surface area contributed by atoms with Crippen molar-refractivity contribution >= 4 is 40.2 Å². The number of hydrogen-bond donors (Lipinski definition) is 1. The van der Waals surface area contributed by atoms with Gasteiger partial charge in [-0.1, -0.05) is 29.8 Å². The Morgan fingerprint density at radius 1 is 1.13 bits per heavy atom. The third kappa shape index (κ3) is 2.98. The lowest BCUT2D eigenvalue weighted by Crippen LogP contribution is -2.31. The normalized spacial score (nSPS) is 16.6. The van der Waals surface area contributed by atoms with Gasteiger partial charge in [0.1, 0.15) is 5.52 Å². The van der Waals surface area contributed by atoms with Crippen LogP contribution in [0.5, 0.6) is 0 Å². The summed E-state index contributed by atoms with van der Waals surface area (Å²) < 4.78 is 6.83. The molecule has 8 nitrogen and oxygen atoms in total. The second kappa shape index (κ2) is 6.95. The van der Waals surface area contributed by atoms with E-state index in [9.17, 15) is 14.4 Å². The standard InChI is InChI=1S/C22H17ClN4O4/c1-11-7-8-13(9-15(11)23)26-18(28)10-14(20(26)29)19-12(2)25-27(21(19)30)22-24-16-5-3-4-6-17(16)31-22/h3-9,14,25H,10H2,1-2H3/t14-/m0/s1. The van der Waals surface area contributed by atoms with Gasteiger partial charge in [-0.05, 0) is 43.7 Å². The molecule has 1 fully saturated rings. The van der Waals surface area contributed by atoms with E-state index in [0.29, 0.717) is 27.5 Å². The van der Waals surface area contributed by atoms with Crippen LogP contribution in [0.1, 0.15) is 29.2 Å². The number of fused-ring (bicyclic) bond motifs is 1. The number of amides is 2. The summed E-state index contributed by atoms with van der Waals surface area (Å²) in [5.41, 5.74) is 2.59. The quantitative estimate of drug-likeness (QED) is 0.494. The molecule has 2 aromatic carbocycles. The molecule has 3 heterocycles. The zero-order valence-electron chi connectivity index (χ0n) is 16.7. The predicted molar refractivity (Wildman–Crippen MR) is 115 cm³/mol. The van der Waals surface area contributed by atoms with Crippen molar-refractivity contribution in [2.75, 3.05) is 4.90 Å². The summed E-state index contributed by atoms with van der Waals surface area (Å²) in [5, 5.41) is 3.37. The number of carbonyl (C=O) groups is 2. The van der Waals surface area contributed by atoms with E-state index in [1.54, 1.807) is 43.3 Å². The second-order valence-corrected chi connectivity index (χ2v) is 7.92. The van der Waals surface area contributed by atoms with Gasteiger partial charge in [-0.3, -0.25) is 19.5 Å². The van der Waals surface area contributed by atoms with Crippen molar-refractivity contribution in [2.24, 2.45) is 0 Å². The Morgan fingerprint density at radius 2 is 1.90 bits per heavy atom. The van der Waals surface area contributed by atoms with Crippen LogP contribution in [0.4, 0.5) is 5.69 Å². The van der Waals surface area contributed by atoms with E-state index < -0.39 is 17.4 Å². The number of imide groups is 1. The molecule has 1 atom stereocenters. The van der Waals surface area contributed by atoms with Gasteiger partial charge in [0.2, 0.25) is 11.8 Å². The molecular formula is C22H17ClN4O4. The van der Waals surface area contributed by atoms with Crippen LogP contribution in [0.15, 0.2) is 51.7 Å². The largest absolute Gasteiger partial charge is 0.422 e. The first-order valence-corrected chi connectivity index (χ1v) is 10.0. The van der Waals surface area contributed by atoms with E-state index in [2.05, 4.69) is 10.1 Å². The maximum Gasteiger partial charge on any atom is 0.325 e. The Hall–Kier alpha value is -3.65. The molecule has 9 heteroatoms. The third-order valence-corrected chi connectivity index (χ3v) is 5.91. The monoisotopic (exact) mass is 436 g/mol. The van der Waals surface area contributed by atoms with Crippen molar-refractivity contribution in [2.45, 2.75) is 26.2 Å². The van der Waals surface area contributed by atoms with Gasteiger partial charge >= 0.3 is 6.01 Å². The van der Waals surface area contributed by atoms with Crippen LogP contribution in [0.2, 0.25) is 5.02 Å². The van der Waals surface area contributed by atoms with Crippen LogP contribution in [0.25, 0.3) is 17.1 Å². The fourth-order valence-corrected chi connectivity index (χ4v) is 4.08. The number of anilines is 1. The highest BCUT2D eigenvalue weighted by molar-refractivity contribution is 6.32. The highest BCUT2D eigenvalue weighted by atomic mass is 35.5. The Balaban J connectivity index is 1.55. The Labute approximate surface area is 181 Å². The summed E-state index contributed by atoms with van der Waals surface area (Å²) in [5.74, 6) is -1.75. The van der Waals surface area contributed by atoms with Gasteiger partial charge in [0.25, 0.3) is 5.56 Å². The summed E-state index contributed by atoms with van der Waals surface area (Å²) in [6.45, 7) is 3.51. The van der Waals surface area contributed by atoms with Crippen LogP contribution in [0.3, 0.4) is 0 Å². The maximum atomic E-state index is 13.2. The molecule has 1 aliphatic rings. The lowest BCUT2D eigenvalue weighted by Gasteiger charge is -2.15. The number of H-pyrrole nitrogens is 1. The number of aryl methyl sites for hydroxylation is 2. The zero-order chi connectivity index (χ0) is 21.9. The molecule has 0 bridgehead atoms. The molecule has 0 spiro atoms. The fourth-order valence-electron chi connectivity index (χ4n) is 3.91. The summed E-state index contributed by atoms with van der Waals surface area (Å²) in [4.78, 5) is 44.5. The molecule has 0 unspecified atom stereocenters. The van der Waals surface area contributed by atoms with Crippen LogP contribution in [0, 0.1) is 13.8 Å². The molecule has 156 valence electrons. The van der Waals surface area contributed by atoms with Gasteiger partial charge < -0.3 is 4.42 Å². The molecule has 0 radical (unpaired) electrons. The van der Waals surface area contributed by atoms with Crippen molar-refractivity contribution in [1.29, 1.82) is 0 Å². The number of para-hydroxylation sites is 2. The molecular weight excluding hydrogens is 420 g/mol. The minimum Gasteiger partial charge on any atom is -0.422 e. The highest BCUT2D eigenvalue weighted by Gasteiger charge is 2.43. The van der Waals surface area contributed by atoms with Crippen LogP contribution in [-0.4, -0.2) is 26.6 Å². The van der Waals surface area contributed by atoms with Gasteiger partial charge in [0.05, 0.1) is 17.2 Å². The Kier molecular flexibility index (Phi) is 4.33. The zero-order valence-corrected chi connectivity index (χ0v) is 17.4. The molecule has 0 saturated carbocycles. The third-order valence-electron chi connectivity index (χ3n) is 5.50.